The highest BCUT2D eigenvalue weighted by Gasteiger charge is 2.20. The molecule has 0 aliphatic heterocycles. The van der Waals surface area contributed by atoms with Crippen molar-refractivity contribution >= 4 is 5.57 Å². The van der Waals surface area contributed by atoms with Crippen LogP contribution in [0.3, 0.4) is 0 Å². The van der Waals surface area contributed by atoms with Crippen LogP contribution in [0.25, 0.3) is 5.57 Å². The predicted molar refractivity (Wildman–Crippen MR) is 102 cm³/mol. The van der Waals surface area contributed by atoms with Crippen LogP contribution in [0.4, 0.5) is 0 Å². The van der Waals surface area contributed by atoms with Gasteiger partial charge in [-0.05, 0) is 35.7 Å². The average Bonchev–Trinajstić information content (AvgIpc) is 2.50. The van der Waals surface area contributed by atoms with Gasteiger partial charge in [-0.2, -0.15) is 0 Å². The molecule has 1 rings (SSSR count). The van der Waals surface area contributed by atoms with Crippen molar-refractivity contribution in [3.8, 4) is 5.75 Å². The maximum Gasteiger partial charge on any atom is 0.127 e. The second kappa shape index (κ2) is 8.16. The summed E-state index contributed by atoms with van der Waals surface area (Å²) in [5.74, 6) is 0.337. The molecule has 1 aromatic rings. The van der Waals surface area contributed by atoms with E-state index in [9.17, 15) is 5.11 Å². The molecule has 0 spiro atoms. The van der Waals surface area contributed by atoms with Crippen molar-refractivity contribution in [2.24, 2.45) is 0 Å². The largest absolute Gasteiger partial charge is 0.507 e. The molecule has 2 heteroatoms. The number of phenols is 1. The van der Waals surface area contributed by atoms with Gasteiger partial charge in [-0.1, -0.05) is 72.1 Å². The van der Waals surface area contributed by atoms with E-state index in [-0.39, 0.29) is 5.41 Å². The zero-order valence-corrected chi connectivity index (χ0v) is 15.3. The quantitative estimate of drug-likeness (QED) is 0.692. The second-order valence-corrected chi connectivity index (χ2v) is 6.86. The molecule has 126 valence electrons. The molecule has 0 bridgehead atoms. The van der Waals surface area contributed by atoms with Crippen LogP contribution < -0.4 is 0 Å². The molecular weight excluding hydrogens is 282 g/mol. The molecule has 0 amide bonds. The zero-order valence-electron chi connectivity index (χ0n) is 15.3. The number of allylic oxidation sites excluding steroid dienone is 4. The fourth-order valence-corrected chi connectivity index (χ4v) is 2.45. The monoisotopic (exact) mass is 313 g/mol. The first kappa shape index (κ1) is 19.2. The van der Waals surface area contributed by atoms with E-state index in [1.54, 1.807) is 6.08 Å². The summed E-state index contributed by atoms with van der Waals surface area (Å²) in [6.07, 6.45) is 5.44. The van der Waals surface area contributed by atoms with Gasteiger partial charge in [0.15, 0.2) is 0 Å². The van der Waals surface area contributed by atoms with Gasteiger partial charge in [0, 0.05) is 17.7 Å². The first-order chi connectivity index (χ1) is 10.7. The van der Waals surface area contributed by atoms with Crippen molar-refractivity contribution < 1.29 is 5.11 Å². The van der Waals surface area contributed by atoms with E-state index >= 15 is 0 Å². The molecule has 0 fully saturated rings. The number of hydrogen-bond donors (Lipinski definition) is 1. The molecule has 1 N–H and O–H groups in total. The Balaban J connectivity index is 3.42. The highest BCUT2D eigenvalue weighted by atomic mass is 16.3. The highest BCUT2D eigenvalue weighted by molar-refractivity contribution is 5.77. The summed E-state index contributed by atoms with van der Waals surface area (Å²) in [4.78, 5) is 2.30. The third kappa shape index (κ3) is 5.11. The molecule has 0 aliphatic rings. The Morgan fingerprint density at radius 3 is 2.30 bits per heavy atom. The van der Waals surface area contributed by atoms with E-state index in [0.29, 0.717) is 5.75 Å². The van der Waals surface area contributed by atoms with Gasteiger partial charge in [0.25, 0.3) is 0 Å². The SMILES string of the molecule is C=CC=CC(=C)c1cc(C(C)(C)C)cc(CN(CC)CC)c1O. The van der Waals surface area contributed by atoms with Crippen LogP contribution in [0.2, 0.25) is 0 Å². The summed E-state index contributed by atoms with van der Waals surface area (Å²) in [5, 5.41) is 10.7. The summed E-state index contributed by atoms with van der Waals surface area (Å²) in [6, 6.07) is 4.18. The van der Waals surface area contributed by atoms with Crippen LogP contribution in [0.5, 0.6) is 5.75 Å². The maximum atomic E-state index is 10.7. The van der Waals surface area contributed by atoms with Gasteiger partial charge in [-0.15, -0.1) is 0 Å². The van der Waals surface area contributed by atoms with Crippen molar-refractivity contribution in [3.05, 3.63) is 60.2 Å². The van der Waals surface area contributed by atoms with Crippen molar-refractivity contribution in [2.45, 2.75) is 46.6 Å². The Morgan fingerprint density at radius 2 is 1.83 bits per heavy atom. The topological polar surface area (TPSA) is 23.5 Å². The van der Waals surface area contributed by atoms with Crippen LogP contribution in [-0.4, -0.2) is 23.1 Å². The van der Waals surface area contributed by atoms with Gasteiger partial charge in [0.1, 0.15) is 5.75 Å². The lowest BCUT2D eigenvalue weighted by atomic mass is 9.83. The molecule has 0 radical (unpaired) electrons. The van der Waals surface area contributed by atoms with E-state index in [1.807, 2.05) is 12.2 Å². The van der Waals surface area contributed by atoms with E-state index in [0.717, 1.165) is 36.3 Å². The van der Waals surface area contributed by atoms with Gasteiger partial charge in [0.2, 0.25) is 0 Å². The molecule has 1 aromatic carbocycles. The number of rotatable bonds is 7. The summed E-state index contributed by atoms with van der Waals surface area (Å²) >= 11 is 0. The predicted octanol–water partition coefficient (Wildman–Crippen LogP) is 5.29. The Labute approximate surface area is 141 Å². The van der Waals surface area contributed by atoms with Gasteiger partial charge in [0.05, 0.1) is 0 Å². The standard InChI is InChI=1S/C21H31NO/c1-8-11-12-16(4)19-14-18(21(5,6)7)13-17(20(19)23)15-22(9-2)10-3/h8,11-14,23H,1,4,9-10,15H2,2-3,5-7H3. The van der Waals surface area contributed by atoms with Crippen LogP contribution in [0.15, 0.2) is 43.5 Å². The zero-order chi connectivity index (χ0) is 17.6. The normalized spacial score (nSPS) is 12.1. The van der Waals surface area contributed by atoms with Crippen LogP contribution >= 0.6 is 0 Å². The van der Waals surface area contributed by atoms with Crippen molar-refractivity contribution in [1.82, 2.24) is 4.90 Å². The van der Waals surface area contributed by atoms with Gasteiger partial charge in [-0.25, -0.2) is 0 Å². The van der Waals surface area contributed by atoms with Crippen LogP contribution in [0, 0.1) is 0 Å². The van der Waals surface area contributed by atoms with Gasteiger partial charge >= 0.3 is 0 Å². The number of benzene rings is 1. The maximum absolute atomic E-state index is 10.7. The summed E-state index contributed by atoms with van der Waals surface area (Å²) in [7, 11) is 0. The average molecular weight is 313 g/mol. The van der Waals surface area contributed by atoms with E-state index in [4.69, 9.17) is 0 Å². The Hall–Kier alpha value is -1.80. The first-order valence-corrected chi connectivity index (χ1v) is 8.31. The molecule has 0 aliphatic carbocycles. The van der Waals surface area contributed by atoms with Gasteiger partial charge in [-0.3, -0.25) is 4.90 Å². The van der Waals surface area contributed by atoms with Gasteiger partial charge < -0.3 is 5.11 Å². The fraction of sp³-hybridized carbons (Fsp3) is 0.429. The molecule has 0 saturated heterocycles. The van der Waals surface area contributed by atoms with Crippen LogP contribution in [0.1, 0.15) is 51.3 Å². The lowest BCUT2D eigenvalue weighted by Gasteiger charge is -2.25. The molecule has 0 heterocycles. The number of nitrogens with zero attached hydrogens (tertiary/aromatic N) is 1. The summed E-state index contributed by atoms with van der Waals surface area (Å²) < 4.78 is 0. The first-order valence-electron chi connectivity index (χ1n) is 8.31. The highest BCUT2D eigenvalue weighted by Crippen LogP contribution is 2.35. The third-order valence-electron chi connectivity index (χ3n) is 4.12. The summed E-state index contributed by atoms with van der Waals surface area (Å²) in [5.41, 5.74) is 3.79. The Morgan fingerprint density at radius 1 is 1.22 bits per heavy atom. The minimum atomic E-state index is 0.0168. The number of aromatic hydroxyl groups is 1. The number of hydrogen-bond acceptors (Lipinski definition) is 2. The molecule has 23 heavy (non-hydrogen) atoms. The molecular formula is C21H31NO. The van der Waals surface area contributed by atoms with E-state index < -0.39 is 0 Å². The summed E-state index contributed by atoms with van der Waals surface area (Å²) in [6.45, 7) is 21.3. The molecule has 2 nitrogen and oxygen atoms in total. The van der Waals surface area contributed by atoms with E-state index in [2.05, 4.69) is 64.8 Å². The molecule has 0 unspecified atom stereocenters. The molecule has 0 atom stereocenters. The lowest BCUT2D eigenvalue weighted by Crippen LogP contribution is -2.23. The fourth-order valence-electron chi connectivity index (χ4n) is 2.45. The minimum absolute atomic E-state index is 0.0168. The Kier molecular flexibility index (Phi) is 6.83. The number of phenolic OH excluding ortho intramolecular Hbond substituents is 1. The minimum Gasteiger partial charge on any atom is -0.507 e. The second-order valence-electron chi connectivity index (χ2n) is 6.86. The Bertz CT molecular complexity index is 587. The van der Waals surface area contributed by atoms with Crippen LogP contribution in [-0.2, 0) is 12.0 Å². The van der Waals surface area contributed by atoms with Crippen molar-refractivity contribution in [1.29, 1.82) is 0 Å². The molecule has 0 saturated carbocycles. The lowest BCUT2D eigenvalue weighted by molar-refractivity contribution is 0.290. The van der Waals surface area contributed by atoms with E-state index in [1.165, 1.54) is 5.56 Å². The third-order valence-corrected chi connectivity index (χ3v) is 4.12. The van der Waals surface area contributed by atoms with Crippen molar-refractivity contribution in [3.63, 3.8) is 0 Å². The van der Waals surface area contributed by atoms with Crippen molar-refractivity contribution in [2.75, 3.05) is 13.1 Å². The smallest absolute Gasteiger partial charge is 0.127 e. The molecule has 0 aromatic heterocycles.